The van der Waals surface area contributed by atoms with Gasteiger partial charge in [0.1, 0.15) is 0 Å². The molecule has 16 heavy (non-hydrogen) atoms. The lowest BCUT2D eigenvalue weighted by Crippen LogP contribution is -2.35. The largest absolute Gasteiger partial charge is 0.326 e. The first-order valence-electron chi connectivity index (χ1n) is 5.87. The van der Waals surface area contributed by atoms with Crippen LogP contribution < -0.4 is 5.73 Å². The van der Waals surface area contributed by atoms with Gasteiger partial charge in [-0.15, -0.1) is 0 Å². The number of rotatable bonds is 4. The first-order chi connectivity index (χ1) is 7.40. The minimum absolute atomic E-state index is 0.218. The molecule has 0 aliphatic rings. The predicted molar refractivity (Wildman–Crippen MR) is 70.9 cm³/mol. The van der Waals surface area contributed by atoms with E-state index in [2.05, 4.69) is 51.9 Å². The molecular formula is C14H24N2. The molecule has 0 radical (unpaired) electrons. The van der Waals surface area contributed by atoms with Crippen LogP contribution in [-0.4, -0.2) is 31.6 Å². The van der Waals surface area contributed by atoms with E-state index < -0.39 is 0 Å². The molecule has 1 rings (SSSR count). The second-order valence-corrected chi connectivity index (χ2v) is 5.10. The Bertz CT molecular complexity index is 333. The Labute approximate surface area is 99.5 Å². The van der Waals surface area contributed by atoms with Gasteiger partial charge in [0.05, 0.1) is 0 Å². The molecule has 0 spiro atoms. The van der Waals surface area contributed by atoms with Crippen molar-refractivity contribution >= 4 is 0 Å². The van der Waals surface area contributed by atoms with Gasteiger partial charge in [-0.25, -0.2) is 0 Å². The first kappa shape index (κ1) is 13.2. The van der Waals surface area contributed by atoms with Crippen molar-refractivity contribution in [2.75, 3.05) is 20.6 Å². The van der Waals surface area contributed by atoms with Crippen LogP contribution in [0, 0.1) is 20.8 Å². The highest BCUT2D eigenvalue weighted by atomic mass is 15.1. The second-order valence-electron chi connectivity index (χ2n) is 5.10. The lowest BCUT2D eigenvalue weighted by atomic mass is 9.94. The molecule has 0 aromatic heterocycles. The zero-order valence-electron chi connectivity index (χ0n) is 11.2. The summed E-state index contributed by atoms with van der Waals surface area (Å²) in [6, 6.07) is 4.70. The van der Waals surface area contributed by atoms with Gasteiger partial charge in [0.15, 0.2) is 0 Å². The van der Waals surface area contributed by atoms with Gasteiger partial charge >= 0.3 is 0 Å². The monoisotopic (exact) mass is 220 g/mol. The summed E-state index contributed by atoms with van der Waals surface area (Å²) in [6.07, 6.45) is 0.968. The molecule has 2 heteroatoms. The standard InChI is InChI=1S/C14H24N2/c1-10-6-11(2)14(12(3)7-10)8-13(15)9-16(4)5/h6-7,13H,8-9,15H2,1-5H3. The Morgan fingerprint density at radius 3 is 2.06 bits per heavy atom. The zero-order chi connectivity index (χ0) is 12.3. The molecule has 0 fully saturated rings. The predicted octanol–water partition coefficient (Wildman–Crippen LogP) is 2.04. The molecule has 0 heterocycles. The molecule has 1 unspecified atom stereocenters. The van der Waals surface area contributed by atoms with Gasteiger partial charge in [0, 0.05) is 12.6 Å². The van der Waals surface area contributed by atoms with E-state index in [0.717, 1.165) is 13.0 Å². The molecule has 90 valence electrons. The Morgan fingerprint density at radius 2 is 1.62 bits per heavy atom. The van der Waals surface area contributed by atoms with Crippen molar-refractivity contribution in [1.82, 2.24) is 4.90 Å². The van der Waals surface area contributed by atoms with Gasteiger partial charge in [-0.1, -0.05) is 17.7 Å². The zero-order valence-corrected chi connectivity index (χ0v) is 11.2. The number of hydrogen-bond acceptors (Lipinski definition) is 2. The van der Waals surface area contributed by atoms with Gasteiger partial charge in [0.2, 0.25) is 0 Å². The molecule has 0 saturated carbocycles. The fraction of sp³-hybridized carbons (Fsp3) is 0.571. The summed E-state index contributed by atoms with van der Waals surface area (Å²) in [7, 11) is 4.13. The summed E-state index contributed by atoms with van der Waals surface area (Å²) in [5, 5.41) is 0. The molecular weight excluding hydrogens is 196 g/mol. The van der Waals surface area contributed by atoms with Crippen LogP contribution in [0.2, 0.25) is 0 Å². The SMILES string of the molecule is Cc1cc(C)c(CC(N)CN(C)C)c(C)c1. The summed E-state index contributed by atoms with van der Waals surface area (Å²) in [5.41, 5.74) is 11.6. The highest BCUT2D eigenvalue weighted by molar-refractivity contribution is 5.38. The summed E-state index contributed by atoms with van der Waals surface area (Å²) in [4.78, 5) is 2.14. The van der Waals surface area contributed by atoms with Gasteiger partial charge in [-0.2, -0.15) is 0 Å². The molecule has 0 saturated heterocycles. The van der Waals surface area contributed by atoms with E-state index in [1.165, 1.54) is 22.3 Å². The quantitative estimate of drug-likeness (QED) is 0.841. The van der Waals surface area contributed by atoms with Crippen LogP contribution in [0.5, 0.6) is 0 Å². The summed E-state index contributed by atoms with van der Waals surface area (Å²) < 4.78 is 0. The highest BCUT2D eigenvalue weighted by Crippen LogP contribution is 2.17. The van der Waals surface area contributed by atoms with Gasteiger partial charge < -0.3 is 10.6 Å². The highest BCUT2D eigenvalue weighted by Gasteiger charge is 2.10. The Hall–Kier alpha value is -0.860. The van der Waals surface area contributed by atoms with E-state index >= 15 is 0 Å². The topological polar surface area (TPSA) is 29.3 Å². The van der Waals surface area contributed by atoms with E-state index in [1.54, 1.807) is 0 Å². The summed E-state index contributed by atoms with van der Waals surface area (Å²) in [5.74, 6) is 0. The van der Waals surface area contributed by atoms with Gasteiger partial charge in [0.25, 0.3) is 0 Å². The Balaban J connectivity index is 2.81. The molecule has 0 bridgehead atoms. The molecule has 1 atom stereocenters. The van der Waals surface area contributed by atoms with E-state index in [1.807, 2.05) is 0 Å². The molecule has 0 aliphatic heterocycles. The van der Waals surface area contributed by atoms with Crippen molar-refractivity contribution in [1.29, 1.82) is 0 Å². The van der Waals surface area contributed by atoms with E-state index in [9.17, 15) is 0 Å². The fourth-order valence-corrected chi connectivity index (χ4v) is 2.33. The van der Waals surface area contributed by atoms with Crippen LogP contribution in [0.3, 0.4) is 0 Å². The number of hydrogen-bond donors (Lipinski definition) is 1. The van der Waals surface area contributed by atoms with Crippen LogP contribution in [0.1, 0.15) is 22.3 Å². The average Bonchev–Trinajstić information content (AvgIpc) is 2.09. The van der Waals surface area contributed by atoms with E-state index in [0.29, 0.717) is 0 Å². The number of nitrogens with zero attached hydrogens (tertiary/aromatic N) is 1. The smallest absolute Gasteiger partial charge is 0.0208 e. The van der Waals surface area contributed by atoms with Crippen molar-refractivity contribution in [2.45, 2.75) is 33.2 Å². The third-order valence-electron chi connectivity index (χ3n) is 2.91. The maximum absolute atomic E-state index is 6.14. The lowest BCUT2D eigenvalue weighted by Gasteiger charge is -2.19. The van der Waals surface area contributed by atoms with Crippen molar-refractivity contribution in [2.24, 2.45) is 5.73 Å². The second kappa shape index (κ2) is 5.46. The van der Waals surface area contributed by atoms with Crippen molar-refractivity contribution in [3.8, 4) is 0 Å². The summed E-state index contributed by atoms with van der Waals surface area (Å²) in [6.45, 7) is 7.44. The molecule has 1 aromatic rings. The van der Waals surface area contributed by atoms with Crippen LogP contribution in [0.15, 0.2) is 12.1 Å². The van der Waals surface area contributed by atoms with Crippen LogP contribution in [0.4, 0.5) is 0 Å². The van der Waals surface area contributed by atoms with Crippen molar-refractivity contribution < 1.29 is 0 Å². The number of benzene rings is 1. The molecule has 0 amide bonds. The van der Waals surface area contributed by atoms with Crippen LogP contribution in [-0.2, 0) is 6.42 Å². The molecule has 2 N–H and O–H groups in total. The van der Waals surface area contributed by atoms with Crippen molar-refractivity contribution in [3.05, 3.63) is 34.4 Å². The molecule has 1 aromatic carbocycles. The normalized spacial score (nSPS) is 13.2. The summed E-state index contributed by atoms with van der Waals surface area (Å²) >= 11 is 0. The van der Waals surface area contributed by atoms with Crippen LogP contribution >= 0.6 is 0 Å². The molecule has 2 nitrogen and oxygen atoms in total. The number of likely N-dealkylation sites (N-methyl/N-ethyl adjacent to an activating group) is 1. The first-order valence-corrected chi connectivity index (χ1v) is 5.87. The average molecular weight is 220 g/mol. The Morgan fingerprint density at radius 1 is 1.12 bits per heavy atom. The van der Waals surface area contributed by atoms with Gasteiger partial charge in [-0.3, -0.25) is 0 Å². The fourth-order valence-electron chi connectivity index (χ4n) is 2.33. The molecule has 0 aliphatic carbocycles. The third kappa shape index (κ3) is 3.62. The van der Waals surface area contributed by atoms with Crippen molar-refractivity contribution in [3.63, 3.8) is 0 Å². The number of aryl methyl sites for hydroxylation is 3. The van der Waals surface area contributed by atoms with Gasteiger partial charge in [-0.05, 0) is 58.0 Å². The number of nitrogens with two attached hydrogens (primary N) is 1. The van der Waals surface area contributed by atoms with E-state index in [4.69, 9.17) is 5.73 Å². The van der Waals surface area contributed by atoms with E-state index in [-0.39, 0.29) is 6.04 Å². The maximum Gasteiger partial charge on any atom is 0.0208 e. The minimum Gasteiger partial charge on any atom is -0.326 e. The minimum atomic E-state index is 0.218. The lowest BCUT2D eigenvalue weighted by molar-refractivity contribution is 0.371. The Kier molecular flexibility index (Phi) is 4.51. The third-order valence-corrected chi connectivity index (χ3v) is 2.91. The maximum atomic E-state index is 6.14. The van der Waals surface area contributed by atoms with Crippen LogP contribution in [0.25, 0.3) is 0 Å².